The van der Waals surface area contributed by atoms with Crippen molar-refractivity contribution in [3.8, 4) is 5.75 Å². The number of hydrazine groups is 1. The first-order valence-electron chi connectivity index (χ1n) is 10.2. The number of nitrogens with zero attached hydrogens (tertiary/aromatic N) is 2. The van der Waals surface area contributed by atoms with Gasteiger partial charge in [-0.15, -0.1) is 0 Å². The van der Waals surface area contributed by atoms with Crippen molar-refractivity contribution in [3.63, 3.8) is 0 Å². The monoisotopic (exact) mass is 429 g/mol. The first-order chi connectivity index (χ1) is 15.5. The maximum absolute atomic E-state index is 13.2. The Morgan fingerprint density at radius 1 is 0.906 bits per heavy atom. The Kier molecular flexibility index (Phi) is 4.71. The van der Waals surface area contributed by atoms with Gasteiger partial charge in [0.25, 0.3) is 17.7 Å². The Hall–Kier alpha value is -4.04. The third kappa shape index (κ3) is 3.12. The van der Waals surface area contributed by atoms with E-state index >= 15 is 0 Å². The van der Waals surface area contributed by atoms with E-state index in [0.29, 0.717) is 5.01 Å². The standard InChI is InChI=1S/C24H19N3O5/c25-27-20(28)11-10-18(23(27)30)26-22(29)17-6-3-7-19(21(17)24(26)31)32-13-14-8-9-15-4-1-2-5-16(15)12-14/h1-9,12,18H,10-11,13,25H2. The van der Waals surface area contributed by atoms with Crippen LogP contribution in [0.2, 0.25) is 0 Å². The first kappa shape index (κ1) is 19.9. The first-order valence-corrected chi connectivity index (χ1v) is 10.2. The van der Waals surface area contributed by atoms with Gasteiger partial charge >= 0.3 is 0 Å². The summed E-state index contributed by atoms with van der Waals surface area (Å²) in [5.41, 5.74) is 1.19. The molecule has 1 atom stereocenters. The second-order valence-corrected chi connectivity index (χ2v) is 7.79. The van der Waals surface area contributed by atoms with E-state index in [2.05, 4.69) is 0 Å². The molecule has 0 aromatic heterocycles. The lowest BCUT2D eigenvalue weighted by molar-refractivity contribution is -0.151. The lowest BCUT2D eigenvalue weighted by atomic mass is 10.0. The summed E-state index contributed by atoms with van der Waals surface area (Å²) in [6.07, 6.45) is 0.0236. The Balaban J connectivity index is 1.41. The van der Waals surface area contributed by atoms with Crippen molar-refractivity contribution >= 4 is 34.4 Å². The van der Waals surface area contributed by atoms with Crippen molar-refractivity contribution in [2.45, 2.75) is 25.5 Å². The van der Waals surface area contributed by atoms with Gasteiger partial charge in [-0.1, -0.05) is 42.5 Å². The number of ether oxygens (including phenoxy) is 1. The molecule has 1 unspecified atom stereocenters. The highest BCUT2D eigenvalue weighted by Gasteiger charge is 2.47. The number of benzene rings is 3. The topological polar surface area (TPSA) is 110 Å². The molecule has 0 aliphatic carbocycles. The van der Waals surface area contributed by atoms with Gasteiger partial charge in [-0.3, -0.25) is 24.1 Å². The highest BCUT2D eigenvalue weighted by atomic mass is 16.5. The maximum atomic E-state index is 13.2. The molecule has 0 radical (unpaired) electrons. The van der Waals surface area contributed by atoms with Crippen molar-refractivity contribution in [2.75, 3.05) is 0 Å². The van der Waals surface area contributed by atoms with E-state index in [-0.39, 0.29) is 36.3 Å². The summed E-state index contributed by atoms with van der Waals surface area (Å²) >= 11 is 0. The van der Waals surface area contributed by atoms with Crippen LogP contribution in [0.5, 0.6) is 5.75 Å². The molecule has 2 aliphatic rings. The van der Waals surface area contributed by atoms with Gasteiger partial charge < -0.3 is 4.74 Å². The minimum atomic E-state index is -1.11. The number of hydrogen-bond donors (Lipinski definition) is 1. The highest BCUT2D eigenvalue weighted by Crippen LogP contribution is 2.34. The lowest BCUT2D eigenvalue weighted by Crippen LogP contribution is -2.58. The Morgan fingerprint density at radius 2 is 1.69 bits per heavy atom. The van der Waals surface area contributed by atoms with E-state index in [1.807, 2.05) is 42.5 Å². The Labute approximate surface area is 183 Å². The SMILES string of the molecule is NN1C(=O)CCC(N2C(=O)c3cccc(OCc4ccc5ccccc5c4)c3C2=O)C1=O. The quantitative estimate of drug-likeness (QED) is 0.387. The fourth-order valence-electron chi connectivity index (χ4n) is 4.19. The van der Waals surface area contributed by atoms with Gasteiger partial charge in [0.05, 0.1) is 11.1 Å². The molecule has 4 amide bonds. The zero-order valence-electron chi connectivity index (χ0n) is 17.0. The van der Waals surface area contributed by atoms with Crippen molar-refractivity contribution < 1.29 is 23.9 Å². The van der Waals surface area contributed by atoms with Gasteiger partial charge in [-0.25, -0.2) is 10.9 Å². The number of imide groups is 2. The zero-order chi connectivity index (χ0) is 22.4. The molecule has 0 saturated carbocycles. The minimum Gasteiger partial charge on any atom is -0.488 e. The third-order valence-electron chi connectivity index (χ3n) is 5.85. The van der Waals surface area contributed by atoms with Crippen molar-refractivity contribution in [1.82, 2.24) is 9.91 Å². The van der Waals surface area contributed by atoms with Crippen LogP contribution in [0.1, 0.15) is 39.1 Å². The smallest absolute Gasteiger partial charge is 0.266 e. The normalized spacial score (nSPS) is 18.5. The van der Waals surface area contributed by atoms with Gasteiger partial charge in [0.2, 0.25) is 5.91 Å². The van der Waals surface area contributed by atoms with E-state index in [1.165, 1.54) is 6.07 Å². The molecule has 2 heterocycles. The fraction of sp³-hybridized carbons (Fsp3) is 0.167. The molecule has 160 valence electrons. The highest BCUT2D eigenvalue weighted by molar-refractivity contribution is 6.24. The number of nitrogens with two attached hydrogens (primary N) is 1. The number of piperidine rings is 1. The molecule has 0 bridgehead atoms. The molecule has 3 aromatic rings. The summed E-state index contributed by atoms with van der Waals surface area (Å²) in [6.45, 7) is 0.205. The van der Waals surface area contributed by atoms with Gasteiger partial charge in [-0.2, -0.15) is 0 Å². The third-order valence-corrected chi connectivity index (χ3v) is 5.85. The number of carbonyl (C=O) groups excluding carboxylic acids is 4. The molecule has 5 rings (SSSR count). The van der Waals surface area contributed by atoms with Gasteiger partial charge in [0, 0.05) is 6.42 Å². The van der Waals surface area contributed by atoms with Crippen LogP contribution in [-0.4, -0.2) is 39.6 Å². The van der Waals surface area contributed by atoms with E-state index < -0.39 is 29.7 Å². The lowest BCUT2D eigenvalue weighted by Gasteiger charge is -2.31. The molecule has 3 aromatic carbocycles. The van der Waals surface area contributed by atoms with E-state index in [4.69, 9.17) is 10.6 Å². The molecule has 2 aliphatic heterocycles. The average molecular weight is 429 g/mol. The van der Waals surface area contributed by atoms with Crippen LogP contribution in [0.15, 0.2) is 60.7 Å². The van der Waals surface area contributed by atoms with Crippen molar-refractivity contribution in [1.29, 1.82) is 0 Å². The molecule has 1 fully saturated rings. The van der Waals surface area contributed by atoms with Gasteiger partial charge in [0.1, 0.15) is 18.4 Å². The van der Waals surface area contributed by atoms with E-state index in [9.17, 15) is 19.2 Å². The second kappa shape index (κ2) is 7.58. The van der Waals surface area contributed by atoms with Crippen LogP contribution in [0.3, 0.4) is 0 Å². The predicted molar refractivity (Wildman–Crippen MR) is 114 cm³/mol. The minimum absolute atomic E-state index is 0.0222. The maximum Gasteiger partial charge on any atom is 0.266 e. The summed E-state index contributed by atoms with van der Waals surface area (Å²) in [5, 5.41) is 2.66. The largest absolute Gasteiger partial charge is 0.488 e. The molecule has 32 heavy (non-hydrogen) atoms. The van der Waals surface area contributed by atoms with Crippen LogP contribution in [0, 0.1) is 0 Å². The van der Waals surface area contributed by atoms with Crippen molar-refractivity contribution in [3.05, 3.63) is 77.4 Å². The van der Waals surface area contributed by atoms with Crippen LogP contribution < -0.4 is 10.6 Å². The molecule has 2 N–H and O–H groups in total. The Morgan fingerprint density at radius 3 is 2.50 bits per heavy atom. The van der Waals surface area contributed by atoms with Gasteiger partial charge in [0.15, 0.2) is 0 Å². The summed E-state index contributed by atoms with van der Waals surface area (Å²) in [7, 11) is 0. The van der Waals surface area contributed by atoms with Crippen LogP contribution in [0.25, 0.3) is 10.8 Å². The number of carbonyl (C=O) groups is 4. The molecule has 0 spiro atoms. The number of amides is 4. The van der Waals surface area contributed by atoms with Gasteiger partial charge in [-0.05, 0) is 41.0 Å². The average Bonchev–Trinajstić information content (AvgIpc) is 3.07. The summed E-state index contributed by atoms with van der Waals surface area (Å²) in [4.78, 5) is 51.2. The van der Waals surface area contributed by atoms with Crippen LogP contribution in [-0.2, 0) is 16.2 Å². The number of rotatable bonds is 4. The summed E-state index contributed by atoms with van der Waals surface area (Å²) < 4.78 is 5.93. The molecule has 1 saturated heterocycles. The molecule has 8 heteroatoms. The number of fused-ring (bicyclic) bond motifs is 2. The Bertz CT molecular complexity index is 1300. The molecule has 8 nitrogen and oxygen atoms in total. The van der Waals surface area contributed by atoms with Crippen LogP contribution >= 0.6 is 0 Å². The van der Waals surface area contributed by atoms with Crippen LogP contribution in [0.4, 0.5) is 0 Å². The number of hydrogen-bond acceptors (Lipinski definition) is 6. The van der Waals surface area contributed by atoms with Crippen molar-refractivity contribution in [2.24, 2.45) is 5.84 Å². The second-order valence-electron chi connectivity index (χ2n) is 7.79. The summed E-state index contributed by atoms with van der Waals surface area (Å²) in [6, 6.07) is 17.6. The fourth-order valence-corrected chi connectivity index (χ4v) is 4.19. The predicted octanol–water partition coefficient (Wildman–Crippen LogP) is 2.41. The molecular weight excluding hydrogens is 410 g/mol. The molecular formula is C24H19N3O5. The van der Waals surface area contributed by atoms with E-state index in [1.54, 1.807) is 12.1 Å². The zero-order valence-corrected chi connectivity index (χ0v) is 17.0. The van der Waals surface area contributed by atoms with E-state index in [0.717, 1.165) is 21.2 Å². The summed E-state index contributed by atoms with van der Waals surface area (Å²) in [5.74, 6) is 3.25.